The lowest BCUT2D eigenvalue weighted by Gasteiger charge is -2.23. The minimum atomic E-state index is 0.0192. The number of aromatic nitrogens is 2. The molecule has 2 heterocycles. The zero-order chi connectivity index (χ0) is 20.0. The van der Waals surface area contributed by atoms with E-state index >= 15 is 0 Å². The Morgan fingerprint density at radius 1 is 1.14 bits per heavy atom. The predicted molar refractivity (Wildman–Crippen MR) is 116 cm³/mol. The molecule has 1 saturated carbocycles. The van der Waals surface area contributed by atoms with Crippen molar-refractivity contribution in [1.82, 2.24) is 15.5 Å². The molecule has 5 rings (SSSR count). The Morgan fingerprint density at radius 2 is 2.00 bits per heavy atom. The normalized spacial score (nSPS) is 19.0. The molecule has 29 heavy (non-hydrogen) atoms. The molecular formula is C24H26N4O. The third kappa shape index (κ3) is 3.46. The van der Waals surface area contributed by atoms with Gasteiger partial charge >= 0.3 is 0 Å². The van der Waals surface area contributed by atoms with Crippen molar-refractivity contribution < 1.29 is 4.79 Å². The van der Waals surface area contributed by atoms with Crippen LogP contribution in [0.3, 0.4) is 0 Å². The van der Waals surface area contributed by atoms with E-state index in [2.05, 4.69) is 52.5 Å². The number of rotatable bonds is 4. The van der Waals surface area contributed by atoms with Gasteiger partial charge in [-0.05, 0) is 80.5 Å². The number of carbonyl (C=O) groups excluding carboxylic acids is 1. The van der Waals surface area contributed by atoms with Crippen molar-refractivity contribution in [1.29, 1.82) is 0 Å². The third-order valence-corrected chi connectivity index (χ3v) is 6.19. The summed E-state index contributed by atoms with van der Waals surface area (Å²) >= 11 is 0. The monoisotopic (exact) mass is 386 g/mol. The molecule has 5 heteroatoms. The fraction of sp³-hybridized carbons (Fsp3) is 0.375. The first-order valence-corrected chi connectivity index (χ1v) is 10.5. The molecule has 0 unspecified atom stereocenters. The Hall–Kier alpha value is -2.95. The predicted octanol–water partition coefficient (Wildman–Crippen LogP) is 4.49. The highest BCUT2D eigenvalue weighted by Gasteiger charge is 2.25. The number of benzene rings is 2. The zero-order valence-corrected chi connectivity index (χ0v) is 17.0. The van der Waals surface area contributed by atoms with E-state index in [4.69, 9.17) is 0 Å². The molecule has 5 nitrogen and oxygen atoms in total. The number of amides is 1. The molecule has 1 aliphatic heterocycles. The number of carbonyl (C=O) groups is 1. The Balaban J connectivity index is 1.53. The molecule has 1 atom stereocenters. The summed E-state index contributed by atoms with van der Waals surface area (Å²) in [5, 5.41) is 14.0. The highest BCUT2D eigenvalue weighted by Crippen LogP contribution is 2.33. The van der Waals surface area contributed by atoms with Crippen molar-refractivity contribution in [3.8, 4) is 11.1 Å². The van der Waals surface area contributed by atoms with Crippen molar-refractivity contribution in [3.63, 3.8) is 0 Å². The smallest absolute Gasteiger partial charge is 0.251 e. The lowest BCUT2D eigenvalue weighted by Crippen LogP contribution is -2.27. The van der Waals surface area contributed by atoms with Crippen LogP contribution in [0.5, 0.6) is 0 Å². The fourth-order valence-corrected chi connectivity index (χ4v) is 4.27. The van der Waals surface area contributed by atoms with Gasteiger partial charge < -0.3 is 10.2 Å². The summed E-state index contributed by atoms with van der Waals surface area (Å²) in [6.45, 7) is 5.38. The second-order valence-corrected chi connectivity index (χ2v) is 8.43. The van der Waals surface area contributed by atoms with Gasteiger partial charge in [0.2, 0.25) is 0 Å². The second kappa shape index (κ2) is 7.14. The van der Waals surface area contributed by atoms with E-state index in [0.717, 1.165) is 58.2 Å². The molecule has 3 aromatic rings. The summed E-state index contributed by atoms with van der Waals surface area (Å²) in [5.41, 5.74) is 4.06. The average molecular weight is 386 g/mol. The summed E-state index contributed by atoms with van der Waals surface area (Å²) in [4.78, 5) is 14.9. The van der Waals surface area contributed by atoms with Crippen LogP contribution in [0.1, 0.15) is 48.5 Å². The molecule has 1 aromatic heterocycles. The van der Waals surface area contributed by atoms with E-state index in [1.807, 2.05) is 24.4 Å². The average Bonchev–Trinajstić information content (AvgIpc) is 3.44. The van der Waals surface area contributed by atoms with Crippen molar-refractivity contribution >= 4 is 22.5 Å². The molecule has 0 radical (unpaired) electrons. The van der Waals surface area contributed by atoms with Crippen molar-refractivity contribution in [2.24, 2.45) is 0 Å². The second-order valence-electron chi connectivity index (χ2n) is 8.43. The number of aryl methyl sites for hydroxylation is 1. The van der Waals surface area contributed by atoms with Crippen LogP contribution in [0.25, 0.3) is 21.9 Å². The summed E-state index contributed by atoms with van der Waals surface area (Å²) in [6, 6.07) is 13.3. The number of hydrogen-bond donors (Lipinski definition) is 1. The largest absolute Gasteiger partial charge is 0.352 e. The summed E-state index contributed by atoms with van der Waals surface area (Å²) in [5.74, 6) is 0.999. The molecule has 2 aromatic carbocycles. The molecule has 1 aliphatic carbocycles. The molecule has 2 aliphatic rings. The summed E-state index contributed by atoms with van der Waals surface area (Å²) < 4.78 is 0. The van der Waals surface area contributed by atoms with Gasteiger partial charge in [0, 0.05) is 35.0 Å². The molecule has 1 saturated heterocycles. The molecule has 148 valence electrons. The van der Waals surface area contributed by atoms with Crippen LogP contribution < -0.4 is 10.2 Å². The van der Waals surface area contributed by atoms with Crippen molar-refractivity contribution in [3.05, 3.63) is 53.7 Å². The number of nitrogens with one attached hydrogen (secondary N) is 1. The minimum Gasteiger partial charge on any atom is -0.352 e. The standard InChI is InChI=1S/C24H26N4O/c1-15-5-6-18(24(29)26-20-8-9-20)13-22(15)17-7-10-21-19(12-17)14-25-27-23(21)28-11-3-4-16(28)2/h5-7,10,12-14,16,20H,3-4,8-9,11H2,1-2H3,(H,26,29)/t16-/m0/s1. The molecular weight excluding hydrogens is 360 g/mol. The van der Waals surface area contributed by atoms with Crippen LogP contribution in [0.2, 0.25) is 0 Å². The molecule has 0 spiro atoms. The number of anilines is 1. The molecule has 2 fully saturated rings. The van der Waals surface area contributed by atoms with Crippen LogP contribution in [0.15, 0.2) is 42.6 Å². The number of hydrogen-bond acceptors (Lipinski definition) is 4. The maximum Gasteiger partial charge on any atom is 0.251 e. The topological polar surface area (TPSA) is 58.1 Å². The van der Waals surface area contributed by atoms with E-state index in [9.17, 15) is 4.79 Å². The van der Waals surface area contributed by atoms with Crippen LogP contribution in [0.4, 0.5) is 5.82 Å². The van der Waals surface area contributed by atoms with E-state index < -0.39 is 0 Å². The quantitative estimate of drug-likeness (QED) is 0.718. The SMILES string of the molecule is Cc1ccc(C(=O)NC2CC2)cc1-c1ccc2c(N3CCC[C@@H]3C)nncc2c1. The number of fused-ring (bicyclic) bond motifs is 1. The van der Waals surface area contributed by atoms with Gasteiger partial charge in [0.15, 0.2) is 5.82 Å². The van der Waals surface area contributed by atoms with Crippen LogP contribution in [-0.4, -0.2) is 34.7 Å². The Bertz CT molecular complexity index is 1090. The van der Waals surface area contributed by atoms with Gasteiger partial charge in [0.25, 0.3) is 5.91 Å². The maximum atomic E-state index is 12.5. The van der Waals surface area contributed by atoms with Gasteiger partial charge in [-0.15, -0.1) is 5.10 Å². The van der Waals surface area contributed by atoms with Crippen molar-refractivity contribution in [2.45, 2.75) is 51.6 Å². The molecule has 1 N–H and O–H groups in total. The Kier molecular flexibility index (Phi) is 4.46. The lowest BCUT2D eigenvalue weighted by molar-refractivity contribution is 0.0951. The van der Waals surface area contributed by atoms with Crippen LogP contribution in [0, 0.1) is 6.92 Å². The Labute approximate surface area is 171 Å². The first kappa shape index (κ1) is 18.1. The number of nitrogens with zero attached hydrogens (tertiary/aromatic N) is 3. The van der Waals surface area contributed by atoms with Gasteiger partial charge in [-0.25, -0.2) is 0 Å². The van der Waals surface area contributed by atoms with E-state index in [-0.39, 0.29) is 5.91 Å². The third-order valence-electron chi connectivity index (χ3n) is 6.19. The first-order chi connectivity index (χ1) is 14.1. The van der Waals surface area contributed by atoms with Gasteiger partial charge in [-0.2, -0.15) is 5.10 Å². The minimum absolute atomic E-state index is 0.0192. The highest BCUT2D eigenvalue weighted by molar-refractivity contribution is 5.98. The lowest BCUT2D eigenvalue weighted by atomic mass is 9.96. The van der Waals surface area contributed by atoms with Crippen molar-refractivity contribution in [2.75, 3.05) is 11.4 Å². The highest BCUT2D eigenvalue weighted by atomic mass is 16.1. The van der Waals surface area contributed by atoms with E-state index in [0.29, 0.717) is 12.1 Å². The van der Waals surface area contributed by atoms with Gasteiger partial charge in [0.1, 0.15) is 0 Å². The summed E-state index contributed by atoms with van der Waals surface area (Å²) in [6.07, 6.45) is 6.42. The summed E-state index contributed by atoms with van der Waals surface area (Å²) in [7, 11) is 0. The van der Waals surface area contributed by atoms with E-state index in [1.54, 1.807) is 0 Å². The van der Waals surface area contributed by atoms with E-state index in [1.165, 1.54) is 12.8 Å². The van der Waals surface area contributed by atoms with Gasteiger partial charge in [0.05, 0.1) is 6.20 Å². The van der Waals surface area contributed by atoms with Gasteiger partial charge in [-0.1, -0.05) is 12.1 Å². The van der Waals surface area contributed by atoms with Crippen LogP contribution >= 0.6 is 0 Å². The maximum absolute atomic E-state index is 12.5. The Morgan fingerprint density at radius 3 is 2.76 bits per heavy atom. The van der Waals surface area contributed by atoms with Crippen LogP contribution in [-0.2, 0) is 0 Å². The molecule has 1 amide bonds. The zero-order valence-electron chi connectivity index (χ0n) is 17.0. The first-order valence-electron chi connectivity index (χ1n) is 10.5. The van der Waals surface area contributed by atoms with Gasteiger partial charge in [-0.3, -0.25) is 4.79 Å². The molecule has 0 bridgehead atoms. The fourth-order valence-electron chi connectivity index (χ4n) is 4.27.